The summed E-state index contributed by atoms with van der Waals surface area (Å²) in [6.07, 6.45) is 0. The molecule has 1 N–H and O–H groups in total. The SMILES string of the molecule is CCOc1ccc(-c2c(C(=O)OC)cc(O)c3cc4c(cc23)OCO4)cc1OCC. The van der Waals surface area contributed by atoms with Gasteiger partial charge < -0.3 is 28.8 Å². The number of carbonyl (C=O) groups is 1. The van der Waals surface area contributed by atoms with Gasteiger partial charge in [0.1, 0.15) is 5.75 Å². The predicted octanol–water partition coefficient (Wildman–Crippen LogP) is 4.53. The molecule has 0 bridgehead atoms. The topological polar surface area (TPSA) is 83.5 Å². The van der Waals surface area contributed by atoms with E-state index in [0.29, 0.717) is 58.1 Å². The smallest absolute Gasteiger partial charge is 0.338 e. The Morgan fingerprint density at radius 1 is 0.967 bits per heavy atom. The Labute approximate surface area is 173 Å². The van der Waals surface area contributed by atoms with Crippen LogP contribution >= 0.6 is 0 Å². The molecular weight excluding hydrogens is 388 g/mol. The molecule has 0 fully saturated rings. The second-order valence-corrected chi connectivity index (χ2v) is 6.59. The maximum absolute atomic E-state index is 12.6. The lowest BCUT2D eigenvalue weighted by molar-refractivity contribution is 0.0601. The van der Waals surface area contributed by atoms with Gasteiger partial charge in [0.2, 0.25) is 6.79 Å². The first-order chi connectivity index (χ1) is 14.6. The van der Waals surface area contributed by atoms with Crippen LogP contribution in [0.5, 0.6) is 28.7 Å². The molecule has 1 aliphatic heterocycles. The normalized spacial score (nSPS) is 12.1. The molecule has 3 aromatic carbocycles. The van der Waals surface area contributed by atoms with E-state index in [0.717, 1.165) is 0 Å². The molecule has 30 heavy (non-hydrogen) atoms. The fraction of sp³-hybridized carbons (Fsp3) is 0.261. The Bertz CT molecular complexity index is 1120. The third-order valence-corrected chi connectivity index (χ3v) is 4.85. The molecule has 0 aromatic heterocycles. The van der Waals surface area contributed by atoms with Crippen molar-refractivity contribution in [3.63, 3.8) is 0 Å². The highest BCUT2D eigenvalue weighted by Gasteiger charge is 2.24. The minimum absolute atomic E-state index is 0.0524. The summed E-state index contributed by atoms with van der Waals surface area (Å²) in [7, 11) is 1.30. The van der Waals surface area contributed by atoms with Crippen LogP contribution in [-0.2, 0) is 4.74 Å². The van der Waals surface area contributed by atoms with Gasteiger partial charge in [-0.2, -0.15) is 0 Å². The van der Waals surface area contributed by atoms with Crippen LogP contribution in [0.2, 0.25) is 0 Å². The lowest BCUT2D eigenvalue weighted by atomic mass is 9.92. The van der Waals surface area contributed by atoms with Gasteiger partial charge in [-0.1, -0.05) is 6.07 Å². The summed E-state index contributed by atoms with van der Waals surface area (Å²) >= 11 is 0. The number of phenolic OH excluding ortho intramolecular Hbond substituents is 1. The van der Waals surface area contributed by atoms with Crippen molar-refractivity contribution in [3.05, 3.63) is 42.0 Å². The van der Waals surface area contributed by atoms with E-state index in [1.807, 2.05) is 26.0 Å². The van der Waals surface area contributed by atoms with E-state index in [4.69, 9.17) is 23.7 Å². The largest absolute Gasteiger partial charge is 0.507 e. The standard InChI is InChI=1S/C23H22O7/c1-4-27-18-7-6-13(8-19(18)28-5-2)22-15-11-21-20(29-12-30-21)10-14(15)17(24)9-16(22)23(25)26-3/h6-11,24H,4-5,12H2,1-3H3. The molecule has 0 unspecified atom stereocenters. The zero-order valence-corrected chi connectivity index (χ0v) is 17.0. The summed E-state index contributed by atoms with van der Waals surface area (Å²) in [6.45, 7) is 4.85. The lowest BCUT2D eigenvalue weighted by Gasteiger charge is -2.17. The molecule has 0 saturated carbocycles. The van der Waals surface area contributed by atoms with Crippen molar-refractivity contribution in [2.45, 2.75) is 13.8 Å². The van der Waals surface area contributed by atoms with Crippen molar-refractivity contribution < 1.29 is 33.6 Å². The van der Waals surface area contributed by atoms with E-state index in [2.05, 4.69) is 0 Å². The molecule has 0 saturated heterocycles. The summed E-state index contributed by atoms with van der Waals surface area (Å²) in [5.74, 6) is 1.64. The van der Waals surface area contributed by atoms with Gasteiger partial charge in [-0.25, -0.2) is 4.79 Å². The number of fused-ring (bicyclic) bond motifs is 2. The van der Waals surface area contributed by atoms with Crippen LogP contribution in [0, 0.1) is 0 Å². The minimum Gasteiger partial charge on any atom is -0.507 e. The molecule has 0 radical (unpaired) electrons. The van der Waals surface area contributed by atoms with E-state index >= 15 is 0 Å². The van der Waals surface area contributed by atoms with Crippen molar-refractivity contribution >= 4 is 16.7 Å². The van der Waals surface area contributed by atoms with Crippen LogP contribution in [-0.4, -0.2) is 38.2 Å². The highest BCUT2D eigenvalue weighted by molar-refractivity contribution is 6.11. The highest BCUT2D eigenvalue weighted by atomic mass is 16.7. The Morgan fingerprint density at radius 2 is 1.63 bits per heavy atom. The van der Waals surface area contributed by atoms with Gasteiger partial charge in [0.25, 0.3) is 0 Å². The average molecular weight is 410 g/mol. The quantitative estimate of drug-likeness (QED) is 0.598. The van der Waals surface area contributed by atoms with Crippen LogP contribution in [0.15, 0.2) is 36.4 Å². The molecule has 1 heterocycles. The fourth-order valence-corrected chi connectivity index (χ4v) is 3.58. The van der Waals surface area contributed by atoms with E-state index < -0.39 is 5.97 Å². The second kappa shape index (κ2) is 8.02. The van der Waals surface area contributed by atoms with E-state index in [1.165, 1.54) is 13.2 Å². The van der Waals surface area contributed by atoms with Gasteiger partial charge in [-0.3, -0.25) is 0 Å². The number of hydrogen-bond acceptors (Lipinski definition) is 7. The van der Waals surface area contributed by atoms with Crippen LogP contribution in [0.1, 0.15) is 24.2 Å². The first-order valence-corrected chi connectivity index (χ1v) is 9.65. The van der Waals surface area contributed by atoms with Crippen LogP contribution in [0.4, 0.5) is 0 Å². The van der Waals surface area contributed by atoms with E-state index in [-0.39, 0.29) is 18.1 Å². The van der Waals surface area contributed by atoms with E-state index in [1.54, 1.807) is 18.2 Å². The highest BCUT2D eigenvalue weighted by Crippen LogP contribution is 2.45. The average Bonchev–Trinajstić information content (AvgIpc) is 3.21. The van der Waals surface area contributed by atoms with Crippen molar-refractivity contribution in [1.82, 2.24) is 0 Å². The number of benzene rings is 3. The molecule has 0 aliphatic carbocycles. The van der Waals surface area contributed by atoms with Gasteiger partial charge in [0, 0.05) is 10.9 Å². The summed E-state index contributed by atoms with van der Waals surface area (Å²) in [5, 5.41) is 11.8. The maximum Gasteiger partial charge on any atom is 0.338 e. The number of esters is 1. The third kappa shape index (κ3) is 3.32. The number of carbonyl (C=O) groups excluding carboxylic acids is 1. The van der Waals surface area contributed by atoms with Crippen molar-refractivity contribution in [1.29, 1.82) is 0 Å². The maximum atomic E-state index is 12.6. The predicted molar refractivity (Wildman–Crippen MR) is 111 cm³/mol. The first kappa shape index (κ1) is 19.7. The van der Waals surface area contributed by atoms with Gasteiger partial charge >= 0.3 is 5.97 Å². The molecule has 3 aromatic rings. The molecular formula is C23H22O7. The summed E-state index contributed by atoms with van der Waals surface area (Å²) < 4.78 is 27.3. The lowest BCUT2D eigenvalue weighted by Crippen LogP contribution is -2.05. The fourth-order valence-electron chi connectivity index (χ4n) is 3.58. The molecule has 156 valence electrons. The first-order valence-electron chi connectivity index (χ1n) is 9.65. The molecule has 0 atom stereocenters. The van der Waals surface area contributed by atoms with Crippen LogP contribution < -0.4 is 18.9 Å². The molecule has 0 amide bonds. The van der Waals surface area contributed by atoms with Crippen molar-refractivity contribution in [3.8, 4) is 39.9 Å². The zero-order valence-electron chi connectivity index (χ0n) is 17.0. The van der Waals surface area contributed by atoms with Crippen molar-refractivity contribution in [2.75, 3.05) is 27.1 Å². The zero-order chi connectivity index (χ0) is 21.3. The Balaban J connectivity index is 2.02. The second-order valence-electron chi connectivity index (χ2n) is 6.59. The summed E-state index contributed by atoms with van der Waals surface area (Å²) in [5.41, 5.74) is 1.54. The number of phenols is 1. The van der Waals surface area contributed by atoms with Crippen LogP contribution in [0.3, 0.4) is 0 Å². The van der Waals surface area contributed by atoms with E-state index in [9.17, 15) is 9.90 Å². The Morgan fingerprint density at radius 3 is 2.30 bits per heavy atom. The van der Waals surface area contributed by atoms with Gasteiger partial charge in [-0.05, 0) is 55.1 Å². The molecule has 0 spiro atoms. The number of hydrogen-bond donors (Lipinski definition) is 1. The molecule has 4 rings (SSSR count). The Kier molecular flexibility index (Phi) is 5.27. The molecule has 1 aliphatic rings. The number of aromatic hydroxyl groups is 1. The number of rotatable bonds is 6. The summed E-state index contributed by atoms with van der Waals surface area (Å²) in [4.78, 5) is 12.6. The molecule has 7 heteroatoms. The monoisotopic (exact) mass is 410 g/mol. The van der Waals surface area contributed by atoms with Gasteiger partial charge in [0.05, 0.1) is 25.9 Å². The van der Waals surface area contributed by atoms with Gasteiger partial charge in [-0.15, -0.1) is 0 Å². The summed E-state index contributed by atoms with van der Waals surface area (Å²) in [6, 6.07) is 10.3. The Hall–Kier alpha value is -3.61. The molecule has 7 nitrogen and oxygen atoms in total. The number of methoxy groups -OCH3 is 1. The van der Waals surface area contributed by atoms with Crippen LogP contribution in [0.25, 0.3) is 21.9 Å². The third-order valence-electron chi connectivity index (χ3n) is 4.85. The van der Waals surface area contributed by atoms with Crippen molar-refractivity contribution in [2.24, 2.45) is 0 Å². The van der Waals surface area contributed by atoms with Gasteiger partial charge in [0.15, 0.2) is 23.0 Å². The number of ether oxygens (including phenoxy) is 5. The minimum atomic E-state index is -0.563.